The molecule has 0 unspecified atom stereocenters. The van der Waals surface area contributed by atoms with E-state index in [4.69, 9.17) is 10.8 Å². The summed E-state index contributed by atoms with van der Waals surface area (Å²) in [6.45, 7) is -0.586. The lowest BCUT2D eigenvalue weighted by molar-refractivity contribution is -0.153. The zero-order valence-electron chi connectivity index (χ0n) is 5.56. The summed E-state index contributed by atoms with van der Waals surface area (Å²) < 4.78 is 35.2. The lowest BCUT2D eigenvalue weighted by Crippen LogP contribution is -2.34. The summed E-state index contributed by atoms with van der Waals surface area (Å²) in [4.78, 5) is 0. The SMILES string of the molecule is Cl.N[C@]1(CO)C[C@H]1C(F)(F)F. The standard InChI is InChI=1S/C5H8F3NO.ClH/c6-5(7,8)3-1-4(3,9)2-10;/h3,10H,1-2,9H2;1H/t3-,4+;/m1./s1. The molecule has 1 fully saturated rings. The number of halogens is 4. The van der Waals surface area contributed by atoms with Crippen LogP contribution in [0.2, 0.25) is 0 Å². The second kappa shape index (κ2) is 2.80. The van der Waals surface area contributed by atoms with Crippen LogP contribution in [0.25, 0.3) is 0 Å². The van der Waals surface area contributed by atoms with Crippen LogP contribution in [-0.2, 0) is 0 Å². The Balaban J connectivity index is 0.000001000. The van der Waals surface area contributed by atoms with E-state index in [9.17, 15) is 13.2 Å². The summed E-state index contributed by atoms with van der Waals surface area (Å²) in [6, 6.07) is 0. The van der Waals surface area contributed by atoms with Crippen LogP contribution in [0, 0.1) is 5.92 Å². The molecule has 0 radical (unpaired) electrons. The van der Waals surface area contributed by atoms with Crippen molar-refractivity contribution in [1.29, 1.82) is 0 Å². The lowest BCUT2D eigenvalue weighted by atomic mass is 10.2. The van der Waals surface area contributed by atoms with E-state index in [-0.39, 0.29) is 18.8 Å². The topological polar surface area (TPSA) is 46.2 Å². The summed E-state index contributed by atoms with van der Waals surface area (Å²) in [5.74, 6) is -1.50. The van der Waals surface area contributed by atoms with Crippen LogP contribution in [0.1, 0.15) is 6.42 Å². The smallest absolute Gasteiger partial charge is 0.393 e. The minimum absolute atomic E-state index is 0. The molecule has 0 saturated heterocycles. The third-order valence-corrected chi connectivity index (χ3v) is 1.81. The highest BCUT2D eigenvalue weighted by Gasteiger charge is 2.64. The summed E-state index contributed by atoms with van der Waals surface area (Å²) >= 11 is 0. The number of nitrogens with two attached hydrogens (primary N) is 1. The van der Waals surface area contributed by atoms with Crippen LogP contribution >= 0.6 is 12.4 Å². The maximum Gasteiger partial charge on any atom is 0.393 e. The Morgan fingerprint density at radius 1 is 1.55 bits per heavy atom. The third-order valence-electron chi connectivity index (χ3n) is 1.81. The second-order valence-electron chi connectivity index (χ2n) is 2.69. The molecule has 68 valence electrons. The highest BCUT2D eigenvalue weighted by atomic mass is 35.5. The van der Waals surface area contributed by atoms with Gasteiger partial charge in [0.05, 0.1) is 18.1 Å². The molecule has 6 heteroatoms. The monoisotopic (exact) mass is 191 g/mol. The molecular weight excluding hydrogens is 183 g/mol. The highest BCUT2D eigenvalue weighted by molar-refractivity contribution is 5.85. The molecule has 11 heavy (non-hydrogen) atoms. The first-order valence-electron chi connectivity index (χ1n) is 2.86. The van der Waals surface area contributed by atoms with Crippen molar-refractivity contribution in [2.75, 3.05) is 6.61 Å². The molecule has 0 spiro atoms. The Kier molecular flexibility index (Phi) is 2.80. The minimum atomic E-state index is -4.24. The predicted octanol–water partition coefficient (Wildman–Crippen LogP) is 0.680. The van der Waals surface area contributed by atoms with E-state index in [1.807, 2.05) is 0 Å². The fraction of sp³-hybridized carbons (Fsp3) is 1.00. The molecule has 0 aliphatic heterocycles. The average Bonchev–Trinajstić information content (AvgIpc) is 2.43. The Bertz CT molecular complexity index is 151. The number of hydrogen-bond acceptors (Lipinski definition) is 2. The summed E-state index contributed by atoms with van der Waals surface area (Å²) in [7, 11) is 0. The first-order valence-corrected chi connectivity index (χ1v) is 2.86. The van der Waals surface area contributed by atoms with Gasteiger partial charge in [-0.1, -0.05) is 0 Å². The van der Waals surface area contributed by atoms with E-state index >= 15 is 0 Å². The molecule has 1 rings (SSSR count). The zero-order chi connectivity index (χ0) is 7.99. The van der Waals surface area contributed by atoms with Crippen LogP contribution in [0.5, 0.6) is 0 Å². The van der Waals surface area contributed by atoms with Gasteiger partial charge in [0.2, 0.25) is 0 Å². The Hall–Kier alpha value is -0.0000000000000000555. The maximum atomic E-state index is 11.7. The summed E-state index contributed by atoms with van der Waals surface area (Å²) in [5, 5.41) is 8.37. The molecule has 1 aliphatic rings. The van der Waals surface area contributed by atoms with Gasteiger partial charge in [0, 0.05) is 0 Å². The first-order chi connectivity index (χ1) is 4.40. The normalized spacial score (nSPS) is 36.3. The summed E-state index contributed by atoms with van der Waals surface area (Å²) in [6.07, 6.45) is -4.38. The van der Waals surface area contributed by atoms with Gasteiger partial charge in [0.1, 0.15) is 0 Å². The fourth-order valence-corrected chi connectivity index (χ4v) is 0.938. The molecule has 1 aliphatic carbocycles. The van der Waals surface area contributed by atoms with Gasteiger partial charge in [-0.15, -0.1) is 12.4 Å². The molecule has 0 amide bonds. The molecule has 0 aromatic carbocycles. The van der Waals surface area contributed by atoms with Crippen molar-refractivity contribution < 1.29 is 18.3 Å². The average molecular weight is 192 g/mol. The van der Waals surface area contributed by atoms with Crippen molar-refractivity contribution in [1.82, 2.24) is 0 Å². The van der Waals surface area contributed by atoms with Crippen molar-refractivity contribution in [3.8, 4) is 0 Å². The highest BCUT2D eigenvalue weighted by Crippen LogP contribution is 2.51. The lowest BCUT2D eigenvalue weighted by Gasteiger charge is -2.09. The van der Waals surface area contributed by atoms with Gasteiger partial charge in [0.15, 0.2) is 0 Å². The van der Waals surface area contributed by atoms with Crippen LogP contribution in [-0.4, -0.2) is 23.4 Å². The van der Waals surface area contributed by atoms with Crippen molar-refractivity contribution >= 4 is 12.4 Å². The molecular formula is C5H9ClF3NO. The maximum absolute atomic E-state index is 11.7. The van der Waals surface area contributed by atoms with Gasteiger partial charge >= 0.3 is 6.18 Å². The van der Waals surface area contributed by atoms with Gasteiger partial charge in [0.25, 0.3) is 0 Å². The van der Waals surface area contributed by atoms with Crippen molar-refractivity contribution in [2.45, 2.75) is 18.1 Å². The number of rotatable bonds is 1. The number of alkyl halides is 3. The van der Waals surface area contributed by atoms with E-state index in [0.717, 1.165) is 0 Å². The van der Waals surface area contributed by atoms with Crippen molar-refractivity contribution in [2.24, 2.45) is 11.7 Å². The van der Waals surface area contributed by atoms with Gasteiger partial charge in [-0.25, -0.2) is 0 Å². The van der Waals surface area contributed by atoms with E-state index in [1.54, 1.807) is 0 Å². The molecule has 1 saturated carbocycles. The van der Waals surface area contributed by atoms with Crippen LogP contribution in [0.15, 0.2) is 0 Å². The molecule has 3 N–H and O–H groups in total. The molecule has 0 heterocycles. The van der Waals surface area contributed by atoms with Gasteiger partial charge in [-0.05, 0) is 6.42 Å². The minimum Gasteiger partial charge on any atom is -0.394 e. The van der Waals surface area contributed by atoms with E-state index < -0.39 is 24.2 Å². The van der Waals surface area contributed by atoms with Gasteiger partial charge < -0.3 is 10.8 Å². The zero-order valence-corrected chi connectivity index (χ0v) is 6.37. The summed E-state index contributed by atoms with van der Waals surface area (Å²) in [5.41, 5.74) is 3.73. The molecule has 2 nitrogen and oxygen atoms in total. The Morgan fingerprint density at radius 2 is 2.00 bits per heavy atom. The van der Waals surface area contributed by atoms with Gasteiger partial charge in [-0.3, -0.25) is 0 Å². The van der Waals surface area contributed by atoms with Crippen LogP contribution < -0.4 is 5.73 Å². The van der Waals surface area contributed by atoms with Crippen LogP contribution in [0.3, 0.4) is 0 Å². The number of aliphatic hydroxyl groups is 1. The van der Waals surface area contributed by atoms with E-state index in [1.165, 1.54) is 0 Å². The van der Waals surface area contributed by atoms with E-state index in [2.05, 4.69) is 0 Å². The molecule has 0 aromatic heterocycles. The Morgan fingerprint density at radius 3 is 2.09 bits per heavy atom. The molecule has 0 bridgehead atoms. The largest absolute Gasteiger partial charge is 0.394 e. The third kappa shape index (κ3) is 1.98. The van der Waals surface area contributed by atoms with Crippen molar-refractivity contribution in [3.05, 3.63) is 0 Å². The molecule has 2 atom stereocenters. The quantitative estimate of drug-likeness (QED) is 0.640. The van der Waals surface area contributed by atoms with Crippen LogP contribution in [0.4, 0.5) is 13.2 Å². The molecule has 0 aromatic rings. The second-order valence-corrected chi connectivity index (χ2v) is 2.69. The van der Waals surface area contributed by atoms with Gasteiger partial charge in [-0.2, -0.15) is 13.2 Å². The van der Waals surface area contributed by atoms with E-state index in [0.29, 0.717) is 0 Å². The van der Waals surface area contributed by atoms with Crippen molar-refractivity contribution in [3.63, 3.8) is 0 Å². The Labute approximate surface area is 68.0 Å². The number of aliphatic hydroxyl groups excluding tert-OH is 1. The predicted molar refractivity (Wildman–Crippen MR) is 35.4 cm³/mol. The fourth-order valence-electron chi connectivity index (χ4n) is 0.938. The number of hydrogen-bond donors (Lipinski definition) is 2. The first kappa shape index (κ1) is 11.0.